The molecule has 0 atom stereocenters. The molecule has 0 heterocycles. The summed E-state index contributed by atoms with van der Waals surface area (Å²) in [5.41, 5.74) is 0.233. The number of rotatable bonds is 10. The van der Waals surface area contributed by atoms with Gasteiger partial charge in [0, 0.05) is 17.5 Å². The molecule has 0 aromatic heterocycles. The summed E-state index contributed by atoms with van der Waals surface area (Å²) in [6.07, 6.45) is -3.15. The van der Waals surface area contributed by atoms with Gasteiger partial charge in [-0.1, -0.05) is 37.6 Å². The van der Waals surface area contributed by atoms with E-state index in [-0.39, 0.29) is 46.2 Å². The van der Waals surface area contributed by atoms with Crippen molar-refractivity contribution in [3.8, 4) is 22.6 Å². The standard InChI is InChI=1S/C30H24F8O2/c1-2-3-10-39-21-14-23(31)27(24(32)15-21)20-8-9-22-19(13-20)7-6-18(28(22)35)5-4-17-11-25(33)29(26(34)12-17)40-16-30(36,37)38/h6-9,11-15H,2-5,10,16H2,1H3. The van der Waals surface area contributed by atoms with Crippen molar-refractivity contribution in [2.24, 2.45) is 0 Å². The van der Waals surface area contributed by atoms with E-state index in [2.05, 4.69) is 4.74 Å². The Balaban J connectivity index is 1.52. The molecule has 0 saturated heterocycles. The minimum atomic E-state index is -4.76. The number of aryl methyl sites for hydroxylation is 2. The smallest absolute Gasteiger partial charge is 0.422 e. The number of ether oxygens (including phenoxy) is 2. The number of hydrogen-bond acceptors (Lipinski definition) is 2. The number of alkyl halides is 3. The molecule has 2 nitrogen and oxygen atoms in total. The highest BCUT2D eigenvalue weighted by Crippen LogP contribution is 2.33. The molecular formula is C30H24F8O2. The van der Waals surface area contributed by atoms with E-state index in [0.29, 0.717) is 12.0 Å². The van der Waals surface area contributed by atoms with Gasteiger partial charge >= 0.3 is 6.18 Å². The lowest BCUT2D eigenvalue weighted by molar-refractivity contribution is -0.154. The lowest BCUT2D eigenvalue weighted by atomic mass is 9.96. The third kappa shape index (κ3) is 6.84. The van der Waals surface area contributed by atoms with Crippen LogP contribution in [0.2, 0.25) is 0 Å². The van der Waals surface area contributed by atoms with Gasteiger partial charge in [-0.25, -0.2) is 22.0 Å². The van der Waals surface area contributed by atoms with Crippen molar-refractivity contribution < 1.29 is 44.6 Å². The summed E-state index contributed by atoms with van der Waals surface area (Å²) in [5, 5.41) is 0.555. The molecule has 0 unspecified atom stereocenters. The highest BCUT2D eigenvalue weighted by atomic mass is 19.4. The van der Waals surface area contributed by atoms with Gasteiger partial charge in [-0.2, -0.15) is 13.2 Å². The lowest BCUT2D eigenvalue weighted by Gasteiger charge is -2.13. The first kappa shape index (κ1) is 29.2. The van der Waals surface area contributed by atoms with Crippen LogP contribution in [-0.2, 0) is 12.8 Å². The summed E-state index contributed by atoms with van der Waals surface area (Å²) in [6, 6.07) is 11.1. The van der Waals surface area contributed by atoms with Crippen LogP contribution in [0.5, 0.6) is 11.5 Å². The van der Waals surface area contributed by atoms with Gasteiger partial charge in [-0.3, -0.25) is 0 Å². The molecule has 10 heteroatoms. The van der Waals surface area contributed by atoms with E-state index in [0.717, 1.165) is 37.1 Å². The van der Waals surface area contributed by atoms with E-state index in [1.165, 1.54) is 24.3 Å². The second-order valence-electron chi connectivity index (χ2n) is 9.23. The summed E-state index contributed by atoms with van der Waals surface area (Å²) < 4.78 is 120. The first-order valence-corrected chi connectivity index (χ1v) is 12.5. The number of hydrogen-bond donors (Lipinski definition) is 0. The van der Waals surface area contributed by atoms with Crippen molar-refractivity contribution >= 4 is 10.8 Å². The highest BCUT2D eigenvalue weighted by molar-refractivity contribution is 5.88. The number of halogens is 8. The molecule has 0 aliphatic carbocycles. The Morgan fingerprint density at radius 1 is 0.725 bits per heavy atom. The summed E-state index contributed by atoms with van der Waals surface area (Å²) in [5.74, 6) is -5.92. The molecule has 0 amide bonds. The molecule has 0 aliphatic heterocycles. The highest BCUT2D eigenvalue weighted by Gasteiger charge is 2.30. The van der Waals surface area contributed by atoms with Crippen molar-refractivity contribution in [2.75, 3.05) is 13.2 Å². The molecule has 0 bridgehead atoms. The predicted molar refractivity (Wildman–Crippen MR) is 135 cm³/mol. The van der Waals surface area contributed by atoms with Crippen LogP contribution in [0, 0.1) is 29.1 Å². The van der Waals surface area contributed by atoms with Gasteiger partial charge < -0.3 is 9.47 Å². The van der Waals surface area contributed by atoms with Crippen LogP contribution in [-0.4, -0.2) is 19.4 Å². The van der Waals surface area contributed by atoms with Crippen LogP contribution in [0.3, 0.4) is 0 Å². The van der Waals surface area contributed by atoms with E-state index in [1.54, 1.807) is 6.07 Å². The number of benzene rings is 4. The van der Waals surface area contributed by atoms with E-state index < -0.39 is 47.6 Å². The Kier molecular flexibility index (Phi) is 8.85. The Bertz CT molecular complexity index is 1470. The summed E-state index contributed by atoms with van der Waals surface area (Å²) in [4.78, 5) is 0. The van der Waals surface area contributed by atoms with E-state index in [4.69, 9.17) is 4.74 Å². The molecule has 0 spiro atoms. The van der Waals surface area contributed by atoms with Gasteiger partial charge in [-0.15, -0.1) is 0 Å². The fourth-order valence-electron chi connectivity index (χ4n) is 4.26. The monoisotopic (exact) mass is 568 g/mol. The van der Waals surface area contributed by atoms with Crippen LogP contribution < -0.4 is 9.47 Å². The van der Waals surface area contributed by atoms with Crippen LogP contribution >= 0.6 is 0 Å². The molecule has 4 rings (SSSR count). The van der Waals surface area contributed by atoms with Gasteiger partial charge in [0.2, 0.25) is 0 Å². The summed E-state index contributed by atoms with van der Waals surface area (Å²) >= 11 is 0. The molecule has 0 aliphatic rings. The van der Waals surface area contributed by atoms with Crippen molar-refractivity contribution in [1.29, 1.82) is 0 Å². The van der Waals surface area contributed by atoms with Gasteiger partial charge in [-0.05, 0) is 59.5 Å². The fraction of sp³-hybridized carbons (Fsp3) is 0.267. The normalized spacial score (nSPS) is 11.7. The second-order valence-corrected chi connectivity index (χ2v) is 9.23. The molecule has 0 radical (unpaired) electrons. The van der Waals surface area contributed by atoms with Crippen LogP contribution in [0.1, 0.15) is 30.9 Å². The Hall–Kier alpha value is -3.82. The molecular weight excluding hydrogens is 544 g/mol. The SMILES string of the molecule is CCCCOc1cc(F)c(-c2ccc3c(F)c(CCc4cc(F)c(OCC(F)(F)F)c(F)c4)ccc3c2)c(F)c1. The van der Waals surface area contributed by atoms with Crippen LogP contribution in [0.4, 0.5) is 35.1 Å². The molecule has 0 saturated carbocycles. The maximum Gasteiger partial charge on any atom is 0.422 e. The molecule has 4 aromatic rings. The molecule has 212 valence electrons. The zero-order chi connectivity index (χ0) is 29.0. The summed E-state index contributed by atoms with van der Waals surface area (Å²) in [7, 11) is 0. The minimum absolute atomic E-state index is 0.0169. The topological polar surface area (TPSA) is 18.5 Å². The van der Waals surface area contributed by atoms with E-state index >= 15 is 4.39 Å². The van der Waals surface area contributed by atoms with Crippen LogP contribution in [0.15, 0.2) is 54.6 Å². The van der Waals surface area contributed by atoms with Crippen molar-refractivity contribution in [1.82, 2.24) is 0 Å². The van der Waals surface area contributed by atoms with E-state index in [9.17, 15) is 30.7 Å². The van der Waals surface area contributed by atoms with Crippen LogP contribution in [0.25, 0.3) is 21.9 Å². The molecule has 40 heavy (non-hydrogen) atoms. The van der Waals surface area contributed by atoms with Gasteiger partial charge in [0.1, 0.15) is 23.2 Å². The van der Waals surface area contributed by atoms with E-state index in [1.807, 2.05) is 6.92 Å². The third-order valence-electron chi connectivity index (χ3n) is 6.23. The maximum absolute atomic E-state index is 15.3. The molecule has 0 N–H and O–H groups in total. The number of fused-ring (bicyclic) bond motifs is 1. The Morgan fingerprint density at radius 2 is 1.40 bits per heavy atom. The minimum Gasteiger partial charge on any atom is -0.493 e. The second kappa shape index (κ2) is 12.1. The average Bonchev–Trinajstić information content (AvgIpc) is 2.87. The maximum atomic E-state index is 15.3. The zero-order valence-electron chi connectivity index (χ0n) is 21.3. The predicted octanol–water partition coefficient (Wildman–Crippen LogP) is 9.11. The third-order valence-corrected chi connectivity index (χ3v) is 6.23. The van der Waals surface area contributed by atoms with Gasteiger partial charge in [0.15, 0.2) is 24.0 Å². The zero-order valence-corrected chi connectivity index (χ0v) is 21.3. The Morgan fingerprint density at radius 3 is 2.02 bits per heavy atom. The first-order valence-electron chi connectivity index (χ1n) is 12.5. The largest absolute Gasteiger partial charge is 0.493 e. The molecule has 4 aromatic carbocycles. The quantitative estimate of drug-likeness (QED) is 0.140. The van der Waals surface area contributed by atoms with Crippen molar-refractivity contribution in [3.63, 3.8) is 0 Å². The van der Waals surface area contributed by atoms with Gasteiger partial charge in [0.05, 0.1) is 12.2 Å². The fourth-order valence-corrected chi connectivity index (χ4v) is 4.26. The average molecular weight is 569 g/mol. The Labute approximate surface area is 225 Å². The van der Waals surface area contributed by atoms with Crippen molar-refractivity contribution in [3.05, 3.63) is 94.8 Å². The van der Waals surface area contributed by atoms with Gasteiger partial charge in [0.25, 0.3) is 0 Å². The lowest BCUT2D eigenvalue weighted by Crippen LogP contribution is -2.20. The number of unbranched alkanes of at least 4 members (excludes halogenated alkanes) is 1. The first-order chi connectivity index (χ1) is 19.0. The van der Waals surface area contributed by atoms with Crippen molar-refractivity contribution in [2.45, 2.75) is 38.8 Å². The summed E-state index contributed by atoms with van der Waals surface area (Å²) in [6.45, 7) is 0.448. The molecule has 0 fully saturated rings.